The lowest BCUT2D eigenvalue weighted by Crippen LogP contribution is -2.18. The molecule has 0 unspecified atom stereocenters. The predicted molar refractivity (Wildman–Crippen MR) is 39.1 cm³/mol. The lowest BCUT2D eigenvalue weighted by atomic mass is 10.4. The van der Waals surface area contributed by atoms with Gasteiger partial charge < -0.3 is 5.73 Å². The van der Waals surface area contributed by atoms with Crippen LogP contribution in [-0.2, 0) is 12.7 Å². The summed E-state index contributed by atoms with van der Waals surface area (Å²) in [4.78, 5) is 0. The van der Waals surface area contributed by atoms with Crippen molar-refractivity contribution < 1.29 is 13.2 Å². The van der Waals surface area contributed by atoms with Crippen molar-refractivity contribution in [2.75, 3.05) is 0 Å². The predicted octanol–water partition coefficient (Wildman–Crippen LogP) is 0.838. The monoisotopic (exact) mass is 192 g/mol. The molecule has 1 rings (SSSR count). The van der Waals surface area contributed by atoms with Crippen molar-refractivity contribution in [2.45, 2.75) is 12.7 Å². The van der Waals surface area contributed by atoms with E-state index >= 15 is 0 Å². The van der Waals surface area contributed by atoms with Gasteiger partial charge in [0.2, 0.25) is 0 Å². The van der Waals surface area contributed by atoms with Crippen LogP contribution in [0, 0.1) is 5.41 Å². The molecule has 0 aromatic carbocycles. The zero-order chi connectivity index (χ0) is 10.1. The van der Waals surface area contributed by atoms with E-state index in [1.54, 1.807) is 0 Å². The zero-order valence-corrected chi connectivity index (χ0v) is 6.47. The average Bonchev–Trinajstić information content (AvgIpc) is 2.32. The molecule has 0 fully saturated rings. The van der Waals surface area contributed by atoms with E-state index in [-0.39, 0.29) is 12.4 Å². The van der Waals surface area contributed by atoms with Crippen LogP contribution in [0.25, 0.3) is 0 Å². The van der Waals surface area contributed by atoms with Crippen LogP contribution >= 0.6 is 0 Å². The van der Waals surface area contributed by atoms with Crippen molar-refractivity contribution in [1.82, 2.24) is 9.78 Å². The standard InChI is InChI=1S/C6H7F3N4/c7-6(8,9)4-1-2-13(12-4)3-5(10)11/h1-2H,3H2,(H3,10,11). The Labute approximate surface area is 71.7 Å². The van der Waals surface area contributed by atoms with Crippen molar-refractivity contribution in [1.29, 1.82) is 5.41 Å². The van der Waals surface area contributed by atoms with E-state index in [0.717, 1.165) is 16.9 Å². The summed E-state index contributed by atoms with van der Waals surface area (Å²) >= 11 is 0. The van der Waals surface area contributed by atoms with Crippen molar-refractivity contribution in [3.8, 4) is 0 Å². The van der Waals surface area contributed by atoms with Gasteiger partial charge in [-0.2, -0.15) is 18.3 Å². The Kier molecular flexibility index (Phi) is 2.26. The average molecular weight is 192 g/mol. The van der Waals surface area contributed by atoms with Gasteiger partial charge in [0.25, 0.3) is 0 Å². The highest BCUT2D eigenvalue weighted by molar-refractivity contribution is 5.76. The van der Waals surface area contributed by atoms with E-state index in [1.807, 2.05) is 0 Å². The fraction of sp³-hybridized carbons (Fsp3) is 0.333. The maximum Gasteiger partial charge on any atom is 0.435 e. The summed E-state index contributed by atoms with van der Waals surface area (Å²) in [5.74, 6) is -0.239. The van der Waals surface area contributed by atoms with Crippen LogP contribution in [0.1, 0.15) is 5.69 Å². The minimum atomic E-state index is -4.44. The molecule has 0 amide bonds. The number of nitrogens with zero attached hydrogens (tertiary/aromatic N) is 2. The molecule has 13 heavy (non-hydrogen) atoms. The second-order valence-electron chi connectivity index (χ2n) is 2.42. The smallest absolute Gasteiger partial charge is 0.386 e. The molecule has 0 atom stereocenters. The molecule has 1 heterocycles. The third-order valence-corrected chi connectivity index (χ3v) is 1.26. The number of hydrogen-bond acceptors (Lipinski definition) is 2. The van der Waals surface area contributed by atoms with E-state index in [4.69, 9.17) is 11.1 Å². The minimum absolute atomic E-state index is 0.129. The summed E-state index contributed by atoms with van der Waals surface area (Å²) in [5.41, 5.74) is 4.01. The number of alkyl halides is 3. The first-order chi connectivity index (χ1) is 5.89. The SMILES string of the molecule is N=C(N)Cn1ccc(C(F)(F)F)n1. The van der Waals surface area contributed by atoms with Gasteiger partial charge in [-0.25, -0.2) is 0 Å². The molecule has 0 saturated heterocycles. The van der Waals surface area contributed by atoms with Gasteiger partial charge in [0.05, 0.1) is 6.54 Å². The molecule has 1 aromatic heterocycles. The van der Waals surface area contributed by atoms with Gasteiger partial charge in [0, 0.05) is 6.20 Å². The number of hydrogen-bond donors (Lipinski definition) is 2. The fourth-order valence-corrected chi connectivity index (χ4v) is 0.775. The van der Waals surface area contributed by atoms with Crippen molar-refractivity contribution >= 4 is 5.84 Å². The molecule has 0 bridgehead atoms. The molecule has 1 aromatic rings. The minimum Gasteiger partial charge on any atom is -0.386 e. The van der Waals surface area contributed by atoms with Gasteiger partial charge in [0.1, 0.15) is 5.84 Å². The van der Waals surface area contributed by atoms with Gasteiger partial charge in [-0.15, -0.1) is 0 Å². The topological polar surface area (TPSA) is 67.7 Å². The Morgan fingerprint density at radius 3 is 2.62 bits per heavy atom. The van der Waals surface area contributed by atoms with Crippen molar-refractivity contribution in [2.24, 2.45) is 5.73 Å². The largest absolute Gasteiger partial charge is 0.435 e. The second-order valence-corrected chi connectivity index (χ2v) is 2.42. The Morgan fingerprint density at radius 1 is 1.62 bits per heavy atom. The number of halogens is 3. The van der Waals surface area contributed by atoms with Gasteiger partial charge in [-0.3, -0.25) is 10.1 Å². The molecule has 4 nitrogen and oxygen atoms in total. The molecule has 0 saturated carbocycles. The van der Waals surface area contributed by atoms with E-state index in [9.17, 15) is 13.2 Å². The van der Waals surface area contributed by atoms with Crippen LogP contribution in [0.5, 0.6) is 0 Å². The molecule has 0 radical (unpaired) electrons. The first-order valence-electron chi connectivity index (χ1n) is 3.33. The fourth-order valence-electron chi connectivity index (χ4n) is 0.775. The number of nitrogens with one attached hydrogen (secondary N) is 1. The van der Waals surface area contributed by atoms with Crippen LogP contribution < -0.4 is 5.73 Å². The highest BCUT2D eigenvalue weighted by Crippen LogP contribution is 2.26. The summed E-state index contributed by atoms with van der Waals surface area (Å²) in [5, 5.41) is 10.0. The van der Waals surface area contributed by atoms with E-state index in [1.165, 1.54) is 0 Å². The maximum absolute atomic E-state index is 12.0. The molecule has 3 N–H and O–H groups in total. The lowest BCUT2D eigenvalue weighted by Gasteiger charge is -2.01. The van der Waals surface area contributed by atoms with Crippen LogP contribution in [0.3, 0.4) is 0 Å². The summed E-state index contributed by atoms with van der Waals surface area (Å²) in [6.07, 6.45) is -3.31. The Morgan fingerprint density at radius 2 is 2.23 bits per heavy atom. The molecule has 0 spiro atoms. The summed E-state index contributed by atoms with van der Waals surface area (Å²) < 4.78 is 36.9. The Balaban J connectivity index is 2.81. The summed E-state index contributed by atoms with van der Waals surface area (Å²) in [7, 11) is 0. The van der Waals surface area contributed by atoms with Gasteiger partial charge in [-0.05, 0) is 6.07 Å². The van der Waals surface area contributed by atoms with E-state index in [2.05, 4.69) is 5.10 Å². The van der Waals surface area contributed by atoms with Crippen LogP contribution in [-0.4, -0.2) is 15.6 Å². The van der Waals surface area contributed by atoms with Crippen molar-refractivity contribution in [3.05, 3.63) is 18.0 Å². The number of rotatable bonds is 2. The van der Waals surface area contributed by atoms with Crippen molar-refractivity contribution in [3.63, 3.8) is 0 Å². The maximum atomic E-state index is 12.0. The first-order valence-corrected chi connectivity index (χ1v) is 3.33. The third kappa shape index (κ3) is 2.46. The summed E-state index contributed by atoms with van der Waals surface area (Å²) in [6, 6.07) is 0.836. The molecule has 0 aliphatic carbocycles. The summed E-state index contributed by atoms with van der Waals surface area (Å²) in [6.45, 7) is -0.129. The quantitative estimate of drug-likeness (QED) is 0.538. The van der Waals surface area contributed by atoms with Crippen LogP contribution in [0.2, 0.25) is 0 Å². The van der Waals surface area contributed by atoms with Gasteiger partial charge in [0.15, 0.2) is 5.69 Å². The van der Waals surface area contributed by atoms with E-state index in [0.29, 0.717) is 0 Å². The number of nitrogens with two attached hydrogens (primary N) is 1. The number of amidine groups is 1. The molecule has 0 aliphatic heterocycles. The highest BCUT2D eigenvalue weighted by Gasteiger charge is 2.33. The third-order valence-electron chi connectivity index (χ3n) is 1.26. The highest BCUT2D eigenvalue weighted by atomic mass is 19.4. The van der Waals surface area contributed by atoms with Gasteiger partial charge >= 0.3 is 6.18 Å². The molecule has 0 aliphatic rings. The van der Waals surface area contributed by atoms with Crippen LogP contribution in [0.15, 0.2) is 12.3 Å². The normalized spacial score (nSPS) is 11.6. The lowest BCUT2D eigenvalue weighted by molar-refractivity contribution is -0.141. The molecule has 72 valence electrons. The second kappa shape index (κ2) is 3.08. The zero-order valence-electron chi connectivity index (χ0n) is 6.47. The Bertz CT molecular complexity index is 314. The molecular weight excluding hydrogens is 185 g/mol. The molecule has 7 heteroatoms. The van der Waals surface area contributed by atoms with Crippen LogP contribution in [0.4, 0.5) is 13.2 Å². The number of aromatic nitrogens is 2. The van der Waals surface area contributed by atoms with E-state index < -0.39 is 11.9 Å². The Hall–Kier alpha value is -1.53. The van der Waals surface area contributed by atoms with Gasteiger partial charge in [-0.1, -0.05) is 0 Å². The first kappa shape index (κ1) is 9.56. The molecular formula is C6H7F3N4.